The summed E-state index contributed by atoms with van der Waals surface area (Å²) >= 11 is 0. The quantitative estimate of drug-likeness (QED) is 0.865. The Bertz CT molecular complexity index is 613. The summed E-state index contributed by atoms with van der Waals surface area (Å²) in [5.41, 5.74) is 0.395. The summed E-state index contributed by atoms with van der Waals surface area (Å²) in [5.74, 6) is 1.66. The summed E-state index contributed by atoms with van der Waals surface area (Å²) in [6.07, 6.45) is 6.60. The second-order valence-corrected chi connectivity index (χ2v) is 7.71. The van der Waals surface area contributed by atoms with Crippen molar-refractivity contribution in [3.63, 3.8) is 0 Å². The van der Waals surface area contributed by atoms with Crippen molar-refractivity contribution >= 4 is 11.8 Å². The summed E-state index contributed by atoms with van der Waals surface area (Å²) in [7, 11) is 0. The van der Waals surface area contributed by atoms with Gasteiger partial charge in [-0.25, -0.2) is 0 Å². The van der Waals surface area contributed by atoms with Gasteiger partial charge in [0, 0.05) is 32.8 Å². The van der Waals surface area contributed by atoms with Crippen LogP contribution >= 0.6 is 0 Å². The van der Waals surface area contributed by atoms with Crippen LogP contribution in [0.1, 0.15) is 42.6 Å². The molecular formula is C18H27N5O3. The molecule has 142 valence electrons. The number of nitrogens with zero attached hydrogens (tertiary/aromatic N) is 4. The number of aromatic nitrogens is 3. The molecule has 26 heavy (non-hydrogen) atoms. The highest BCUT2D eigenvalue weighted by Crippen LogP contribution is 2.33. The number of piperidine rings is 2. The zero-order valence-corrected chi connectivity index (χ0v) is 15.1. The third kappa shape index (κ3) is 3.60. The lowest BCUT2D eigenvalue weighted by Gasteiger charge is -2.40. The van der Waals surface area contributed by atoms with Crippen LogP contribution in [0.5, 0.6) is 0 Å². The van der Waals surface area contributed by atoms with Crippen LogP contribution in [0.25, 0.3) is 0 Å². The van der Waals surface area contributed by atoms with Crippen molar-refractivity contribution in [2.75, 3.05) is 39.4 Å². The number of nitrogens with one attached hydrogen (secondary N) is 1. The molecule has 1 aromatic rings. The van der Waals surface area contributed by atoms with Gasteiger partial charge in [-0.05, 0) is 43.9 Å². The Balaban J connectivity index is 1.23. The number of H-pyrrole nitrogens is 1. The van der Waals surface area contributed by atoms with Crippen LogP contribution in [0, 0.1) is 17.8 Å². The summed E-state index contributed by atoms with van der Waals surface area (Å²) in [6, 6.07) is 0. The number of aromatic amines is 1. The Kier molecular flexibility index (Phi) is 5.19. The molecule has 0 aliphatic carbocycles. The summed E-state index contributed by atoms with van der Waals surface area (Å²) < 4.78 is 5.35. The van der Waals surface area contributed by atoms with E-state index in [0.717, 1.165) is 64.9 Å². The van der Waals surface area contributed by atoms with Gasteiger partial charge in [0.2, 0.25) is 5.91 Å². The summed E-state index contributed by atoms with van der Waals surface area (Å²) in [4.78, 5) is 28.8. The van der Waals surface area contributed by atoms with Crippen molar-refractivity contribution in [1.29, 1.82) is 0 Å². The van der Waals surface area contributed by atoms with Gasteiger partial charge in [-0.3, -0.25) is 9.59 Å². The predicted molar refractivity (Wildman–Crippen MR) is 93.2 cm³/mol. The molecule has 1 aromatic heterocycles. The molecule has 0 radical (unpaired) electrons. The van der Waals surface area contributed by atoms with E-state index in [1.807, 2.05) is 9.80 Å². The van der Waals surface area contributed by atoms with Gasteiger partial charge >= 0.3 is 0 Å². The Hall–Kier alpha value is -1.96. The van der Waals surface area contributed by atoms with Gasteiger partial charge in [0.25, 0.3) is 5.91 Å². The van der Waals surface area contributed by atoms with Gasteiger partial charge < -0.3 is 14.5 Å². The summed E-state index contributed by atoms with van der Waals surface area (Å²) in [6.45, 7) is 4.63. The molecule has 1 atom stereocenters. The molecular weight excluding hydrogens is 334 g/mol. The van der Waals surface area contributed by atoms with Crippen LogP contribution in [0.4, 0.5) is 0 Å². The van der Waals surface area contributed by atoms with Gasteiger partial charge in [0.05, 0.1) is 18.7 Å². The average molecular weight is 361 g/mol. The van der Waals surface area contributed by atoms with E-state index in [1.54, 1.807) is 0 Å². The molecule has 2 amide bonds. The van der Waals surface area contributed by atoms with Crippen molar-refractivity contribution < 1.29 is 14.3 Å². The number of ether oxygens (including phenoxy) is 1. The maximum Gasteiger partial charge on any atom is 0.276 e. The third-order valence-electron chi connectivity index (χ3n) is 6.26. The van der Waals surface area contributed by atoms with Crippen LogP contribution in [0.2, 0.25) is 0 Å². The van der Waals surface area contributed by atoms with Gasteiger partial charge in [0.15, 0.2) is 5.69 Å². The van der Waals surface area contributed by atoms with Crippen LogP contribution in [0.3, 0.4) is 0 Å². The molecule has 4 rings (SSSR count). The lowest BCUT2D eigenvalue weighted by Crippen LogP contribution is -2.45. The SMILES string of the molecule is O=C(c1cn[nH]n1)N1CCC(C2CCN(C(=O)C3CCOC3)CC2)CC1. The van der Waals surface area contributed by atoms with E-state index in [2.05, 4.69) is 15.4 Å². The molecule has 0 saturated carbocycles. The van der Waals surface area contributed by atoms with Crippen molar-refractivity contribution in [1.82, 2.24) is 25.2 Å². The molecule has 1 unspecified atom stereocenters. The van der Waals surface area contributed by atoms with Crippen molar-refractivity contribution in [3.05, 3.63) is 11.9 Å². The second kappa shape index (κ2) is 7.73. The molecule has 1 N–H and O–H groups in total. The highest BCUT2D eigenvalue weighted by atomic mass is 16.5. The highest BCUT2D eigenvalue weighted by Gasteiger charge is 2.34. The molecule has 3 aliphatic rings. The van der Waals surface area contributed by atoms with Gasteiger partial charge in [-0.2, -0.15) is 15.4 Å². The van der Waals surface area contributed by atoms with E-state index in [0.29, 0.717) is 24.1 Å². The molecule has 0 bridgehead atoms. The van der Waals surface area contributed by atoms with E-state index in [-0.39, 0.29) is 17.7 Å². The van der Waals surface area contributed by atoms with E-state index in [1.165, 1.54) is 6.20 Å². The minimum absolute atomic E-state index is 0.0311. The van der Waals surface area contributed by atoms with E-state index < -0.39 is 0 Å². The Morgan fingerprint density at radius 2 is 1.65 bits per heavy atom. The molecule has 0 aromatic carbocycles. The Morgan fingerprint density at radius 3 is 2.19 bits per heavy atom. The first-order chi connectivity index (χ1) is 12.7. The lowest BCUT2D eigenvalue weighted by atomic mass is 9.78. The fourth-order valence-corrected chi connectivity index (χ4v) is 4.62. The maximum atomic E-state index is 12.5. The first-order valence-corrected chi connectivity index (χ1v) is 9.74. The smallest absolute Gasteiger partial charge is 0.276 e. The van der Waals surface area contributed by atoms with Crippen molar-refractivity contribution in [2.45, 2.75) is 32.1 Å². The first-order valence-electron chi connectivity index (χ1n) is 9.74. The molecule has 8 heteroatoms. The van der Waals surface area contributed by atoms with Crippen molar-refractivity contribution in [2.24, 2.45) is 17.8 Å². The number of carbonyl (C=O) groups is 2. The Labute approximate surface area is 153 Å². The summed E-state index contributed by atoms with van der Waals surface area (Å²) in [5, 5.41) is 10.1. The number of amides is 2. The van der Waals surface area contributed by atoms with Gasteiger partial charge in [-0.15, -0.1) is 0 Å². The van der Waals surface area contributed by atoms with E-state index >= 15 is 0 Å². The lowest BCUT2D eigenvalue weighted by molar-refractivity contribution is -0.137. The van der Waals surface area contributed by atoms with Crippen LogP contribution < -0.4 is 0 Å². The normalized spacial score (nSPS) is 25.6. The number of rotatable bonds is 3. The van der Waals surface area contributed by atoms with Crippen LogP contribution in [-0.2, 0) is 9.53 Å². The average Bonchev–Trinajstić information content (AvgIpc) is 3.41. The van der Waals surface area contributed by atoms with Crippen LogP contribution in [0.15, 0.2) is 6.20 Å². The molecule has 3 fully saturated rings. The number of carbonyl (C=O) groups excluding carboxylic acids is 2. The standard InChI is InChI=1S/C18H27N5O3/c24-17(15-5-10-26-12-15)22-6-1-13(2-7-22)14-3-8-23(9-4-14)18(25)16-11-19-21-20-16/h11,13-15H,1-10,12H2,(H,19,20,21). The minimum Gasteiger partial charge on any atom is -0.381 e. The Morgan fingerprint density at radius 1 is 1.00 bits per heavy atom. The topological polar surface area (TPSA) is 91.4 Å². The molecule has 3 saturated heterocycles. The predicted octanol–water partition coefficient (Wildman–Crippen LogP) is 0.932. The third-order valence-corrected chi connectivity index (χ3v) is 6.26. The molecule has 0 spiro atoms. The zero-order valence-electron chi connectivity index (χ0n) is 15.1. The molecule has 8 nitrogen and oxygen atoms in total. The van der Waals surface area contributed by atoms with Crippen LogP contribution in [-0.4, -0.2) is 76.4 Å². The molecule has 4 heterocycles. The zero-order chi connectivity index (χ0) is 17.9. The molecule has 3 aliphatic heterocycles. The van der Waals surface area contributed by atoms with E-state index in [4.69, 9.17) is 4.74 Å². The minimum atomic E-state index is -0.0311. The van der Waals surface area contributed by atoms with E-state index in [9.17, 15) is 9.59 Å². The number of likely N-dealkylation sites (tertiary alicyclic amines) is 2. The second-order valence-electron chi connectivity index (χ2n) is 7.71. The fraction of sp³-hybridized carbons (Fsp3) is 0.778. The monoisotopic (exact) mass is 361 g/mol. The van der Waals surface area contributed by atoms with Gasteiger partial charge in [-0.1, -0.05) is 0 Å². The fourth-order valence-electron chi connectivity index (χ4n) is 4.62. The number of hydrogen-bond acceptors (Lipinski definition) is 5. The first kappa shape index (κ1) is 17.5. The number of hydrogen-bond donors (Lipinski definition) is 1. The van der Waals surface area contributed by atoms with Crippen molar-refractivity contribution in [3.8, 4) is 0 Å². The largest absolute Gasteiger partial charge is 0.381 e. The highest BCUT2D eigenvalue weighted by molar-refractivity contribution is 5.91. The maximum absolute atomic E-state index is 12.5. The van der Waals surface area contributed by atoms with Gasteiger partial charge in [0.1, 0.15) is 0 Å².